The number of hydrogen-bond acceptors (Lipinski definition) is 3. The smallest absolute Gasteiger partial charge is 0.279 e. The summed E-state index contributed by atoms with van der Waals surface area (Å²) < 4.78 is 28.8. The van der Waals surface area contributed by atoms with Gasteiger partial charge in [0.25, 0.3) is 10.2 Å². The van der Waals surface area contributed by atoms with Gasteiger partial charge in [0.1, 0.15) is 0 Å². The normalized spacial score (nSPS) is 30.7. The van der Waals surface area contributed by atoms with Gasteiger partial charge in [0.2, 0.25) is 0 Å². The SMILES string of the molecule is CC1CCCN(S(=O)(=O)NC2CCCNC2)C1.Cl. The van der Waals surface area contributed by atoms with Crippen molar-refractivity contribution in [1.82, 2.24) is 14.3 Å². The minimum atomic E-state index is -3.27. The molecule has 0 spiro atoms. The van der Waals surface area contributed by atoms with Crippen molar-refractivity contribution >= 4 is 22.6 Å². The van der Waals surface area contributed by atoms with E-state index in [0.717, 1.165) is 38.8 Å². The Morgan fingerprint density at radius 3 is 2.67 bits per heavy atom. The molecule has 2 fully saturated rings. The third-order valence-electron chi connectivity index (χ3n) is 3.57. The summed E-state index contributed by atoms with van der Waals surface area (Å²) in [4.78, 5) is 0. The number of rotatable bonds is 3. The van der Waals surface area contributed by atoms with Crippen molar-refractivity contribution < 1.29 is 8.42 Å². The van der Waals surface area contributed by atoms with Crippen molar-refractivity contribution in [2.24, 2.45) is 5.92 Å². The Morgan fingerprint density at radius 1 is 1.28 bits per heavy atom. The number of nitrogens with zero attached hydrogens (tertiary/aromatic N) is 1. The van der Waals surface area contributed by atoms with E-state index in [2.05, 4.69) is 17.0 Å². The molecule has 2 atom stereocenters. The molecule has 0 amide bonds. The van der Waals surface area contributed by atoms with E-state index in [1.54, 1.807) is 4.31 Å². The first-order valence-electron chi connectivity index (χ1n) is 6.56. The van der Waals surface area contributed by atoms with Crippen LogP contribution in [0.25, 0.3) is 0 Å². The Morgan fingerprint density at radius 2 is 2.06 bits per heavy atom. The largest absolute Gasteiger partial charge is 0.315 e. The zero-order chi connectivity index (χ0) is 12.3. The zero-order valence-electron chi connectivity index (χ0n) is 10.9. The first-order chi connectivity index (χ1) is 8.08. The van der Waals surface area contributed by atoms with Crippen molar-refractivity contribution in [2.45, 2.75) is 38.6 Å². The third-order valence-corrected chi connectivity index (χ3v) is 5.21. The lowest BCUT2D eigenvalue weighted by molar-refractivity contribution is 0.274. The van der Waals surface area contributed by atoms with Crippen LogP contribution in [-0.4, -0.2) is 44.9 Å². The molecule has 0 aliphatic carbocycles. The Hall–Kier alpha value is 0.120. The van der Waals surface area contributed by atoms with Gasteiger partial charge in [0.15, 0.2) is 0 Å². The predicted octanol–water partition coefficient (Wildman–Crippen LogP) is 0.726. The lowest BCUT2D eigenvalue weighted by Gasteiger charge is -2.32. The fraction of sp³-hybridized carbons (Fsp3) is 1.00. The van der Waals surface area contributed by atoms with Crippen LogP contribution < -0.4 is 10.0 Å². The zero-order valence-corrected chi connectivity index (χ0v) is 12.5. The minimum Gasteiger partial charge on any atom is -0.315 e. The lowest BCUT2D eigenvalue weighted by Crippen LogP contribution is -2.52. The average Bonchev–Trinajstić information content (AvgIpc) is 2.30. The second-order valence-electron chi connectivity index (χ2n) is 5.27. The quantitative estimate of drug-likeness (QED) is 0.807. The summed E-state index contributed by atoms with van der Waals surface area (Å²) in [5.74, 6) is 0.477. The minimum absolute atomic E-state index is 0. The maximum absolute atomic E-state index is 12.2. The van der Waals surface area contributed by atoms with Crippen molar-refractivity contribution in [1.29, 1.82) is 0 Å². The van der Waals surface area contributed by atoms with Gasteiger partial charge in [-0.1, -0.05) is 6.92 Å². The summed E-state index contributed by atoms with van der Waals surface area (Å²) in [6.07, 6.45) is 4.10. The molecule has 108 valence electrons. The highest BCUT2D eigenvalue weighted by molar-refractivity contribution is 7.87. The summed E-state index contributed by atoms with van der Waals surface area (Å²) in [6.45, 7) is 5.20. The van der Waals surface area contributed by atoms with Crippen LogP contribution in [0.15, 0.2) is 0 Å². The van der Waals surface area contributed by atoms with Gasteiger partial charge in [-0.25, -0.2) is 0 Å². The van der Waals surface area contributed by atoms with Gasteiger partial charge in [-0.3, -0.25) is 0 Å². The Labute approximate surface area is 116 Å². The molecule has 2 rings (SSSR count). The maximum Gasteiger partial charge on any atom is 0.279 e. The highest BCUT2D eigenvalue weighted by Crippen LogP contribution is 2.18. The van der Waals surface area contributed by atoms with Crippen molar-refractivity contribution in [3.05, 3.63) is 0 Å². The summed E-state index contributed by atoms with van der Waals surface area (Å²) in [5, 5.41) is 3.22. The molecule has 2 aliphatic heterocycles. The van der Waals surface area contributed by atoms with Crippen LogP contribution in [0.4, 0.5) is 0 Å². The molecule has 0 radical (unpaired) electrons. The molecular weight excluding hydrogens is 274 g/mol. The van der Waals surface area contributed by atoms with E-state index in [1.807, 2.05) is 0 Å². The van der Waals surface area contributed by atoms with Gasteiger partial charge in [0, 0.05) is 25.7 Å². The van der Waals surface area contributed by atoms with E-state index >= 15 is 0 Å². The van der Waals surface area contributed by atoms with Crippen LogP contribution >= 0.6 is 12.4 Å². The van der Waals surface area contributed by atoms with Gasteiger partial charge < -0.3 is 5.32 Å². The predicted molar refractivity (Wildman–Crippen MR) is 75.2 cm³/mol. The highest BCUT2D eigenvalue weighted by atomic mass is 35.5. The van der Waals surface area contributed by atoms with Crippen LogP contribution in [0.3, 0.4) is 0 Å². The van der Waals surface area contributed by atoms with Crippen molar-refractivity contribution in [3.63, 3.8) is 0 Å². The fourth-order valence-electron chi connectivity index (χ4n) is 2.60. The number of halogens is 1. The van der Waals surface area contributed by atoms with Crippen LogP contribution in [0.2, 0.25) is 0 Å². The Kier molecular flexibility index (Phi) is 6.34. The first kappa shape index (κ1) is 16.2. The van der Waals surface area contributed by atoms with E-state index < -0.39 is 10.2 Å². The lowest BCUT2D eigenvalue weighted by atomic mass is 10.0. The molecule has 2 saturated heterocycles. The first-order valence-corrected chi connectivity index (χ1v) is 8.00. The van der Waals surface area contributed by atoms with Gasteiger partial charge in [-0.05, 0) is 38.1 Å². The van der Waals surface area contributed by atoms with Gasteiger partial charge in [0.05, 0.1) is 0 Å². The molecule has 2 aliphatic rings. The van der Waals surface area contributed by atoms with E-state index in [0.29, 0.717) is 19.0 Å². The van der Waals surface area contributed by atoms with Gasteiger partial charge in [-0.15, -0.1) is 12.4 Å². The van der Waals surface area contributed by atoms with Crippen molar-refractivity contribution in [2.75, 3.05) is 26.2 Å². The standard InChI is InChI=1S/C11H23N3O2S.ClH/c1-10-4-3-7-14(9-10)17(15,16)13-11-5-2-6-12-8-11;/h10-13H,2-9H2,1H3;1H. The Balaban J connectivity index is 0.00000162. The average molecular weight is 298 g/mol. The van der Waals surface area contributed by atoms with Crippen LogP contribution in [-0.2, 0) is 10.2 Å². The molecular formula is C11H24ClN3O2S. The Bertz CT molecular complexity index is 344. The fourth-order valence-corrected chi connectivity index (χ4v) is 4.19. The summed E-state index contributed by atoms with van der Waals surface area (Å²) in [6, 6.07) is 0.0611. The number of hydrogen-bond donors (Lipinski definition) is 2. The molecule has 0 aromatic heterocycles. The molecule has 0 aromatic rings. The monoisotopic (exact) mass is 297 g/mol. The topological polar surface area (TPSA) is 61.4 Å². The van der Waals surface area contributed by atoms with Crippen LogP contribution in [0.5, 0.6) is 0 Å². The number of piperidine rings is 2. The van der Waals surface area contributed by atoms with Crippen molar-refractivity contribution in [3.8, 4) is 0 Å². The van der Waals surface area contributed by atoms with E-state index in [4.69, 9.17) is 0 Å². The third kappa shape index (κ3) is 4.35. The second kappa shape index (κ2) is 7.05. The second-order valence-corrected chi connectivity index (χ2v) is 6.97. The molecule has 2 unspecified atom stereocenters. The maximum atomic E-state index is 12.2. The molecule has 0 aromatic carbocycles. The summed E-state index contributed by atoms with van der Waals surface area (Å²) >= 11 is 0. The van der Waals surface area contributed by atoms with Gasteiger partial charge in [-0.2, -0.15) is 17.4 Å². The molecule has 2 N–H and O–H groups in total. The van der Waals surface area contributed by atoms with E-state index in [9.17, 15) is 8.42 Å². The molecule has 0 saturated carbocycles. The molecule has 0 bridgehead atoms. The highest BCUT2D eigenvalue weighted by Gasteiger charge is 2.29. The molecule has 18 heavy (non-hydrogen) atoms. The molecule has 7 heteroatoms. The summed E-state index contributed by atoms with van der Waals surface area (Å²) in [5.41, 5.74) is 0. The van der Waals surface area contributed by atoms with Crippen LogP contribution in [0.1, 0.15) is 32.6 Å². The molecule has 5 nitrogen and oxygen atoms in total. The van der Waals surface area contributed by atoms with E-state index in [-0.39, 0.29) is 18.4 Å². The van der Waals surface area contributed by atoms with Crippen LogP contribution in [0, 0.1) is 5.92 Å². The summed E-state index contributed by atoms with van der Waals surface area (Å²) in [7, 11) is -3.27. The molecule has 2 heterocycles. The number of nitrogens with one attached hydrogen (secondary N) is 2. The van der Waals surface area contributed by atoms with Gasteiger partial charge >= 0.3 is 0 Å². The van der Waals surface area contributed by atoms with E-state index in [1.165, 1.54) is 0 Å².